The molecule has 1 heterocycles. The molecule has 0 amide bonds. The number of aryl methyl sites for hydroxylation is 1. The van der Waals surface area contributed by atoms with Crippen molar-refractivity contribution in [2.75, 3.05) is 13.6 Å². The molecule has 3 rings (SSSR count). The van der Waals surface area contributed by atoms with E-state index in [2.05, 4.69) is 54.2 Å². The molecule has 3 heteroatoms. The highest BCUT2D eigenvalue weighted by Gasteiger charge is 2.43. The molecular weight excluding hydrogens is 234 g/mol. The maximum atomic E-state index is 9.18. The van der Waals surface area contributed by atoms with E-state index >= 15 is 0 Å². The number of hydrogen-bond donors (Lipinski definition) is 1. The van der Waals surface area contributed by atoms with Crippen LogP contribution in [-0.2, 0) is 6.54 Å². The number of hydrogen-bond acceptors (Lipinski definition) is 2. The first-order chi connectivity index (χ1) is 9.13. The molecule has 0 unspecified atom stereocenters. The van der Waals surface area contributed by atoms with Crippen LogP contribution in [0.25, 0.3) is 10.9 Å². The number of aromatic amines is 1. The number of aromatic nitrogens is 1. The number of benzene rings is 1. The number of rotatable bonds is 4. The Kier molecular flexibility index (Phi) is 2.83. The summed E-state index contributed by atoms with van der Waals surface area (Å²) in [5.74, 6) is 0. The second-order valence-corrected chi connectivity index (χ2v) is 5.84. The largest absolute Gasteiger partial charge is 0.358 e. The van der Waals surface area contributed by atoms with Crippen LogP contribution in [0.3, 0.4) is 0 Å². The monoisotopic (exact) mass is 253 g/mol. The first kappa shape index (κ1) is 12.3. The standard InChI is InChI=1S/C16H19N3/c1-12-14(13-5-3-4-6-15(13)18-12)9-19(2)11-16(10-17)7-8-16/h3-6,18H,7-9,11H2,1-2H3. The Balaban J connectivity index is 1.81. The predicted molar refractivity (Wildman–Crippen MR) is 76.6 cm³/mol. The fraction of sp³-hybridized carbons (Fsp3) is 0.438. The molecule has 3 nitrogen and oxygen atoms in total. The Hall–Kier alpha value is -1.79. The van der Waals surface area contributed by atoms with Crippen molar-refractivity contribution in [3.05, 3.63) is 35.5 Å². The van der Waals surface area contributed by atoms with E-state index in [1.54, 1.807) is 0 Å². The summed E-state index contributed by atoms with van der Waals surface area (Å²) in [4.78, 5) is 5.71. The van der Waals surface area contributed by atoms with Crippen molar-refractivity contribution in [2.45, 2.75) is 26.3 Å². The summed E-state index contributed by atoms with van der Waals surface area (Å²) in [6, 6.07) is 10.9. The van der Waals surface area contributed by atoms with Crippen molar-refractivity contribution < 1.29 is 0 Å². The van der Waals surface area contributed by atoms with Gasteiger partial charge in [-0.1, -0.05) is 18.2 Å². The van der Waals surface area contributed by atoms with Gasteiger partial charge in [-0.3, -0.25) is 0 Å². The van der Waals surface area contributed by atoms with Gasteiger partial charge in [0.15, 0.2) is 0 Å². The minimum absolute atomic E-state index is 0.0607. The van der Waals surface area contributed by atoms with Crippen molar-refractivity contribution in [1.82, 2.24) is 9.88 Å². The average molecular weight is 253 g/mol. The first-order valence-corrected chi connectivity index (χ1v) is 6.79. The minimum atomic E-state index is -0.0607. The van der Waals surface area contributed by atoms with Gasteiger partial charge in [-0.2, -0.15) is 5.26 Å². The Morgan fingerprint density at radius 1 is 1.37 bits per heavy atom. The summed E-state index contributed by atoms with van der Waals surface area (Å²) in [6.45, 7) is 3.90. The van der Waals surface area contributed by atoms with Gasteiger partial charge in [-0.25, -0.2) is 0 Å². The quantitative estimate of drug-likeness (QED) is 0.909. The van der Waals surface area contributed by atoms with Gasteiger partial charge in [0, 0.05) is 29.7 Å². The molecule has 98 valence electrons. The first-order valence-electron chi connectivity index (χ1n) is 6.79. The zero-order chi connectivity index (χ0) is 13.5. The van der Waals surface area contributed by atoms with Gasteiger partial charge in [-0.15, -0.1) is 0 Å². The van der Waals surface area contributed by atoms with Gasteiger partial charge in [0.05, 0.1) is 11.5 Å². The summed E-state index contributed by atoms with van der Waals surface area (Å²) in [5.41, 5.74) is 3.72. The highest BCUT2D eigenvalue weighted by Crippen LogP contribution is 2.45. The lowest BCUT2D eigenvalue weighted by molar-refractivity contribution is 0.287. The van der Waals surface area contributed by atoms with Crippen molar-refractivity contribution >= 4 is 10.9 Å². The third-order valence-corrected chi connectivity index (χ3v) is 4.12. The zero-order valence-corrected chi connectivity index (χ0v) is 11.5. The molecule has 1 aliphatic carbocycles. The minimum Gasteiger partial charge on any atom is -0.358 e. The summed E-state index contributed by atoms with van der Waals surface area (Å²) >= 11 is 0. The molecule has 1 aromatic carbocycles. The van der Waals surface area contributed by atoms with Crippen LogP contribution in [-0.4, -0.2) is 23.5 Å². The fourth-order valence-corrected chi connectivity index (χ4v) is 2.84. The van der Waals surface area contributed by atoms with E-state index in [0.717, 1.165) is 25.9 Å². The SMILES string of the molecule is Cc1[nH]c2ccccc2c1CN(C)CC1(C#N)CC1. The number of H-pyrrole nitrogens is 1. The van der Waals surface area contributed by atoms with Gasteiger partial charge < -0.3 is 9.88 Å². The number of nitriles is 1. The van der Waals surface area contributed by atoms with Crippen LogP contribution < -0.4 is 0 Å². The number of nitrogens with zero attached hydrogens (tertiary/aromatic N) is 2. The third-order valence-electron chi connectivity index (χ3n) is 4.12. The molecule has 0 spiro atoms. The summed E-state index contributed by atoms with van der Waals surface area (Å²) in [5, 5.41) is 10.5. The molecule has 1 aliphatic rings. The molecule has 1 fully saturated rings. The molecular formula is C16H19N3. The maximum Gasteiger partial charge on any atom is 0.0703 e. The van der Waals surface area contributed by atoms with Crippen molar-refractivity contribution in [1.29, 1.82) is 5.26 Å². The van der Waals surface area contributed by atoms with Gasteiger partial charge in [0.1, 0.15) is 0 Å². The van der Waals surface area contributed by atoms with Crippen LogP contribution in [0, 0.1) is 23.7 Å². The number of para-hydroxylation sites is 1. The van der Waals surface area contributed by atoms with Crippen LogP contribution in [0.2, 0.25) is 0 Å². The highest BCUT2D eigenvalue weighted by molar-refractivity contribution is 5.84. The van der Waals surface area contributed by atoms with E-state index in [1.165, 1.54) is 22.2 Å². The molecule has 2 aromatic rings. The molecule has 19 heavy (non-hydrogen) atoms. The third kappa shape index (κ3) is 2.24. The lowest BCUT2D eigenvalue weighted by atomic mass is 10.1. The smallest absolute Gasteiger partial charge is 0.0703 e. The van der Waals surface area contributed by atoms with E-state index in [0.29, 0.717) is 0 Å². The Labute approximate surface area is 113 Å². The zero-order valence-electron chi connectivity index (χ0n) is 11.5. The molecule has 0 radical (unpaired) electrons. The van der Waals surface area contributed by atoms with E-state index < -0.39 is 0 Å². The van der Waals surface area contributed by atoms with Crippen LogP contribution in [0.15, 0.2) is 24.3 Å². The molecule has 0 atom stereocenters. The summed E-state index contributed by atoms with van der Waals surface area (Å²) in [7, 11) is 2.11. The topological polar surface area (TPSA) is 42.8 Å². The molecule has 1 saturated carbocycles. The van der Waals surface area contributed by atoms with Crippen LogP contribution in [0.1, 0.15) is 24.1 Å². The lowest BCUT2D eigenvalue weighted by Crippen LogP contribution is -2.25. The Morgan fingerprint density at radius 3 is 2.79 bits per heavy atom. The van der Waals surface area contributed by atoms with E-state index in [-0.39, 0.29) is 5.41 Å². The van der Waals surface area contributed by atoms with Gasteiger partial charge in [0.2, 0.25) is 0 Å². The second-order valence-electron chi connectivity index (χ2n) is 5.84. The second kappa shape index (κ2) is 4.40. The highest BCUT2D eigenvalue weighted by atomic mass is 15.1. The predicted octanol–water partition coefficient (Wildman–Crippen LogP) is 3.21. The molecule has 0 saturated heterocycles. The Morgan fingerprint density at radius 2 is 2.11 bits per heavy atom. The van der Waals surface area contributed by atoms with Gasteiger partial charge in [-0.05, 0) is 38.4 Å². The van der Waals surface area contributed by atoms with Crippen LogP contribution in [0.5, 0.6) is 0 Å². The molecule has 0 bridgehead atoms. The summed E-state index contributed by atoms with van der Waals surface area (Å²) in [6.07, 6.45) is 2.11. The molecule has 1 aromatic heterocycles. The van der Waals surface area contributed by atoms with Crippen LogP contribution >= 0.6 is 0 Å². The number of fused-ring (bicyclic) bond motifs is 1. The van der Waals surface area contributed by atoms with Crippen molar-refractivity contribution in [3.63, 3.8) is 0 Å². The summed E-state index contributed by atoms with van der Waals surface area (Å²) < 4.78 is 0. The van der Waals surface area contributed by atoms with E-state index in [4.69, 9.17) is 0 Å². The lowest BCUT2D eigenvalue weighted by Gasteiger charge is -2.19. The average Bonchev–Trinajstić information content (AvgIpc) is 3.10. The molecule has 1 N–H and O–H groups in total. The van der Waals surface area contributed by atoms with Crippen molar-refractivity contribution in [2.24, 2.45) is 5.41 Å². The van der Waals surface area contributed by atoms with Crippen molar-refractivity contribution in [3.8, 4) is 6.07 Å². The fourth-order valence-electron chi connectivity index (χ4n) is 2.84. The van der Waals surface area contributed by atoms with E-state index in [1.807, 2.05) is 0 Å². The normalized spacial score (nSPS) is 16.7. The Bertz CT molecular complexity index is 644. The molecule has 0 aliphatic heterocycles. The maximum absolute atomic E-state index is 9.18. The van der Waals surface area contributed by atoms with Gasteiger partial charge in [0.25, 0.3) is 0 Å². The number of nitrogens with one attached hydrogen (secondary N) is 1. The van der Waals surface area contributed by atoms with Crippen LogP contribution in [0.4, 0.5) is 0 Å². The van der Waals surface area contributed by atoms with E-state index in [9.17, 15) is 5.26 Å². The van der Waals surface area contributed by atoms with Gasteiger partial charge >= 0.3 is 0 Å².